The number of hydrogen-bond donors (Lipinski definition) is 1. The van der Waals surface area contributed by atoms with Crippen molar-refractivity contribution in [1.82, 2.24) is 9.55 Å². The first-order valence-corrected chi connectivity index (χ1v) is 6.35. The largest absolute Gasteiger partial charge is 0.326 e. The molecule has 0 unspecified atom stereocenters. The Morgan fingerprint density at radius 2 is 2.19 bits per heavy atom. The van der Waals surface area contributed by atoms with Crippen LogP contribution in [0, 0.1) is 10.6 Å². The third-order valence-corrected chi connectivity index (χ3v) is 3.53. The van der Waals surface area contributed by atoms with E-state index in [1.54, 1.807) is 0 Å². The van der Waals surface area contributed by atoms with Gasteiger partial charge in [-0.05, 0) is 31.6 Å². The Labute approximate surface area is 101 Å². The lowest BCUT2D eigenvalue weighted by atomic mass is 10.1. The molecule has 1 aromatic heterocycles. The lowest BCUT2D eigenvalue weighted by molar-refractivity contribution is 0.491. The molecule has 88 valence electrons. The second kappa shape index (κ2) is 4.53. The van der Waals surface area contributed by atoms with Crippen molar-refractivity contribution < 1.29 is 0 Å². The molecule has 2 rings (SSSR count). The average Bonchev–Trinajstić information content (AvgIpc) is 2.65. The monoisotopic (exact) mass is 238 g/mol. The van der Waals surface area contributed by atoms with Crippen molar-refractivity contribution in [2.24, 2.45) is 5.92 Å². The van der Waals surface area contributed by atoms with Gasteiger partial charge in [-0.25, -0.2) is 4.79 Å². The zero-order valence-electron chi connectivity index (χ0n) is 9.88. The molecule has 0 atom stereocenters. The van der Waals surface area contributed by atoms with E-state index < -0.39 is 0 Å². The number of nitrogens with one attached hydrogen (secondary N) is 1. The van der Waals surface area contributed by atoms with Gasteiger partial charge in [-0.1, -0.05) is 26.1 Å². The molecular weight excluding hydrogens is 220 g/mol. The minimum atomic E-state index is -0.0358. The summed E-state index contributed by atoms with van der Waals surface area (Å²) in [5.74, 6) is 0.618. The molecule has 1 N–H and O–H groups in total. The number of aromatic amines is 1. The lowest BCUT2D eigenvalue weighted by Gasteiger charge is -2.12. The van der Waals surface area contributed by atoms with E-state index >= 15 is 0 Å². The van der Waals surface area contributed by atoms with Crippen LogP contribution in [0.1, 0.15) is 37.9 Å². The van der Waals surface area contributed by atoms with Crippen LogP contribution >= 0.6 is 12.2 Å². The summed E-state index contributed by atoms with van der Waals surface area (Å²) in [5.41, 5.74) is 2.33. The van der Waals surface area contributed by atoms with Gasteiger partial charge in [0.2, 0.25) is 0 Å². The predicted molar refractivity (Wildman–Crippen MR) is 67.4 cm³/mol. The van der Waals surface area contributed by atoms with Crippen molar-refractivity contribution >= 4 is 12.2 Å². The van der Waals surface area contributed by atoms with E-state index in [9.17, 15) is 4.79 Å². The molecule has 16 heavy (non-hydrogen) atoms. The number of nitrogens with zero attached hydrogens (tertiary/aromatic N) is 1. The van der Waals surface area contributed by atoms with Gasteiger partial charge in [-0.15, -0.1) is 0 Å². The van der Waals surface area contributed by atoms with Crippen LogP contribution in [0.4, 0.5) is 0 Å². The Kier molecular flexibility index (Phi) is 3.28. The molecule has 0 saturated heterocycles. The van der Waals surface area contributed by atoms with Crippen molar-refractivity contribution in [3.05, 3.63) is 26.4 Å². The van der Waals surface area contributed by atoms with Crippen LogP contribution in [0.5, 0.6) is 0 Å². The predicted octanol–water partition coefficient (Wildman–Crippen LogP) is 2.44. The standard InChI is InChI=1S/C12H18N2OS/c1-8(2)6-7-14-10-5-3-4-9(10)11(16)13-12(14)15/h8H,3-7H2,1-2H3,(H,13,15,16). The van der Waals surface area contributed by atoms with Gasteiger partial charge in [0.15, 0.2) is 0 Å². The maximum absolute atomic E-state index is 11.9. The Balaban J connectivity index is 2.41. The van der Waals surface area contributed by atoms with Crippen LogP contribution in [0.3, 0.4) is 0 Å². The van der Waals surface area contributed by atoms with Crippen molar-refractivity contribution in [2.45, 2.75) is 46.1 Å². The fourth-order valence-electron chi connectivity index (χ4n) is 2.26. The fraction of sp³-hybridized carbons (Fsp3) is 0.667. The quantitative estimate of drug-likeness (QED) is 0.821. The molecule has 4 heteroatoms. The summed E-state index contributed by atoms with van der Waals surface area (Å²) in [7, 11) is 0. The summed E-state index contributed by atoms with van der Waals surface area (Å²) in [4.78, 5) is 14.6. The third-order valence-electron chi connectivity index (χ3n) is 3.18. The molecule has 1 aliphatic rings. The Bertz CT molecular complexity index is 499. The molecule has 1 aromatic rings. The van der Waals surface area contributed by atoms with Crippen LogP contribution in [-0.4, -0.2) is 9.55 Å². The van der Waals surface area contributed by atoms with Crippen LogP contribution < -0.4 is 5.69 Å². The summed E-state index contributed by atoms with van der Waals surface area (Å²) >= 11 is 5.19. The molecule has 3 nitrogen and oxygen atoms in total. The van der Waals surface area contributed by atoms with E-state index in [0.717, 1.165) is 32.2 Å². The summed E-state index contributed by atoms with van der Waals surface area (Å²) in [6.07, 6.45) is 4.18. The molecule has 0 spiro atoms. The van der Waals surface area contributed by atoms with Gasteiger partial charge in [-0.2, -0.15) is 0 Å². The van der Waals surface area contributed by atoms with Gasteiger partial charge >= 0.3 is 5.69 Å². The first-order valence-electron chi connectivity index (χ1n) is 5.94. The van der Waals surface area contributed by atoms with Crippen molar-refractivity contribution in [2.75, 3.05) is 0 Å². The van der Waals surface area contributed by atoms with Gasteiger partial charge in [0.05, 0.1) is 0 Å². The second-order valence-corrected chi connectivity index (χ2v) is 5.28. The Morgan fingerprint density at radius 3 is 2.88 bits per heavy atom. The Hall–Kier alpha value is -0.900. The van der Waals surface area contributed by atoms with Crippen LogP contribution in [-0.2, 0) is 19.4 Å². The molecule has 1 heterocycles. The normalized spacial score (nSPS) is 14.4. The van der Waals surface area contributed by atoms with Crippen molar-refractivity contribution in [3.63, 3.8) is 0 Å². The molecule has 0 aromatic carbocycles. The summed E-state index contributed by atoms with van der Waals surface area (Å²) in [6.45, 7) is 5.16. The summed E-state index contributed by atoms with van der Waals surface area (Å²) in [5, 5.41) is 0. The number of rotatable bonds is 3. The van der Waals surface area contributed by atoms with Crippen LogP contribution in [0.2, 0.25) is 0 Å². The topological polar surface area (TPSA) is 37.8 Å². The molecule has 0 saturated carbocycles. The van der Waals surface area contributed by atoms with Crippen molar-refractivity contribution in [1.29, 1.82) is 0 Å². The maximum atomic E-state index is 11.9. The third kappa shape index (κ3) is 2.12. The number of hydrogen-bond acceptors (Lipinski definition) is 2. The Morgan fingerprint density at radius 1 is 1.44 bits per heavy atom. The zero-order valence-corrected chi connectivity index (χ0v) is 10.7. The smallest absolute Gasteiger partial charge is 0.298 e. The van der Waals surface area contributed by atoms with Crippen molar-refractivity contribution in [3.8, 4) is 0 Å². The molecular formula is C12H18N2OS. The molecule has 0 amide bonds. The molecule has 0 aliphatic heterocycles. The molecule has 0 fully saturated rings. The van der Waals surface area contributed by atoms with Crippen LogP contribution in [0.25, 0.3) is 0 Å². The van der Waals surface area contributed by atoms with Gasteiger partial charge < -0.3 is 0 Å². The van der Waals surface area contributed by atoms with Gasteiger partial charge in [-0.3, -0.25) is 9.55 Å². The maximum Gasteiger partial charge on any atom is 0.326 e. The zero-order chi connectivity index (χ0) is 11.7. The molecule has 0 radical (unpaired) electrons. The average molecular weight is 238 g/mol. The van der Waals surface area contributed by atoms with E-state index in [-0.39, 0.29) is 5.69 Å². The fourth-order valence-corrected chi connectivity index (χ4v) is 2.56. The van der Waals surface area contributed by atoms with E-state index in [2.05, 4.69) is 18.8 Å². The second-order valence-electron chi connectivity index (χ2n) is 4.87. The highest BCUT2D eigenvalue weighted by Gasteiger charge is 2.17. The summed E-state index contributed by atoms with van der Waals surface area (Å²) < 4.78 is 2.54. The highest BCUT2D eigenvalue weighted by Crippen LogP contribution is 2.21. The highest BCUT2D eigenvalue weighted by atomic mass is 32.1. The minimum Gasteiger partial charge on any atom is -0.298 e. The number of fused-ring (bicyclic) bond motifs is 1. The number of H-pyrrole nitrogens is 1. The first kappa shape index (κ1) is 11.6. The first-order chi connectivity index (χ1) is 7.59. The lowest BCUT2D eigenvalue weighted by Crippen LogP contribution is -2.27. The van der Waals surface area contributed by atoms with Gasteiger partial charge in [0.25, 0.3) is 0 Å². The van der Waals surface area contributed by atoms with Crippen LogP contribution in [0.15, 0.2) is 4.79 Å². The van der Waals surface area contributed by atoms with E-state index in [4.69, 9.17) is 12.2 Å². The highest BCUT2D eigenvalue weighted by molar-refractivity contribution is 7.71. The SMILES string of the molecule is CC(C)CCn1c2c(c(=S)[nH]c1=O)CCC2. The van der Waals surface area contributed by atoms with E-state index in [0.29, 0.717) is 10.6 Å². The minimum absolute atomic E-state index is 0.0358. The summed E-state index contributed by atoms with van der Waals surface area (Å²) in [6, 6.07) is 0. The number of aromatic nitrogens is 2. The molecule has 0 bridgehead atoms. The molecule has 1 aliphatic carbocycles. The van der Waals surface area contributed by atoms with E-state index in [1.165, 1.54) is 11.3 Å². The van der Waals surface area contributed by atoms with E-state index in [1.807, 2.05) is 4.57 Å². The van der Waals surface area contributed by atoms with Gasteiger partial charge in [0, 0.05) is 17.8 Å². The van der Waals surface area contributed by atoms with Gasteiger partial charge in [0.1, 0.15) is 4.64 Å².